The standard InChI is InChI=1S/C21H33N3O3/c1-16(20(26)22-21(2,3)4)23-12-14-24(15-13-23)19(25)11-8-17-6-9-18(27-5)10-7-17/h6-7,9-10,16H,8,11-15H2,1-5H3,(H,22,26). The Hall–Kier alpha value is -2.08. The molecule has 1 N–H and O–H groups in total. The molecular weight excluding hydrogens is 342 g/mol. The molecule has 0 aliphatic carbocycles. The average molecular weight is 376 g/mol. The molecule has 27 heavy (non-hydrogen) atoms. The minimum Gasteiger partial charge on any atom is -0.497 e. The molecule has 1 unspecified atom stereocenters. The predicted octanol–water partition coefficient (Wildman–Crippen LogP) is 2.08. The second-order valence-electron chi connectivity index (χ2n) is 8.18. The Labute approximate surface area is 162 Å². The van der Waals surface area contributed by atoms with Gasteiger partial charge in [-0.3, -0.25) is 14.5 Å². The molecule has 1 aliphatic heterocycles. The molecule has 1 atom stereocenters. The first-order chi connectivity index (χ1) is 12.7. The number of carbonyl (C=O) groups excluding carboxylic acids is 2. The number of amides is 2. The van der Waals surface area contributed by atoms with Gasteiger partial charge in [0, 0.05) is 38.1 Å². The van der Waals surface area contributed by atoms with Gasteiger partial charge in [-0.2, -0.15) is 0 Å². The van der Waals surface area contributed by atoms with Crippen molar-refractivity contribution in [1.82, 2.24) is 15.1 Å². The number of nitrogens with one attached hydrogen (secondary N) is 1. The van der Waals surface area contributed by atoms with Crippen LogP contribution < -0.4 is 10.1 Å². The number of benzene rings is 1. The van der Waals surface area contributed by atoms with Crippen LogP contribution in [0.2, 0.25) is 0 Å². The normalized spacial score (nSPS) is 16.7. The van der Waals surface area contributed by atoms with Crippen LogP contribution in [-0.4, -0.2) is 66.5 Å². The molecule has 150 valence electrons. The van der Waals surface area contributed by atoms with E-state index in [-0.39, 0.29) is 23.4 Å². The molecular formula is C21H33N3O3. The van der Waals surface area contributed by atoms with E-state index in [9.17, 15) is 9.59 Å². The number of carbonyl (C=O) groups is 2. The van der Waals surface area contributed by atoms with Crippen molar-refractivity contribution in [2.45, 2.75) is 52.1 Å². The van der Waals surface area contributed by atoms with E-state index in [1.807, 2.05) is 56.9 Å². The van der Waals surface area contributed by atoms with Crippen LogP contribution in [0.5, 0.6) is 5.75 Å². The highest BCUT2D eigenvalue weighted by Gasteiger charge is 2.28. The highest BCUT2D eigenvalue weighted by molar-refractivity contribution is 5.82. The largest absolute Gasteiger partial charge is 0.497 e. The minimum absolute atomic E-state index is 0.0433. The molecule has 6 heteroatoms. The summed E-state index contributed by atoms with van der Waals surface area (Å²) >= 11 is 0. The summed E-state index contributed by atoms with van der Waals surface area (Å²) in [6.45, 7) is 10.7. The zero-order valence-electron chi connectivity index (χ0n) is 17.2. The van der Waals surface area contributed by atoms with Crippen LogP contribution in [0.1, 0.15) is 39.7 Å². The molecule has 1 aromatic carbocycles. The molecule has 0 radical (unpaired) electrons. The summed E-state index contributed by atoms with van der Waals surface area (Å²) in [6, 6.07) is 7.66. The van der Waals surface area contributed by atoms with Gasteiger partial charge in [0.05, 0.1) is 13.2 Å². The molecule has 0 spiro atoms. The van der Waals surface area contributed by atoms with Crippen LogP contribution in [0.4, 0.5) is 0 Å². The average Bonchev–Trinajstić information content (AvgIpc) is 2.64. The molecule has 0 bridgehead atoms. The van der Waals surface area contributed by atoms with Crippen LogP contribution in [0.25, 0.3) is 0 Å². The number of rotatable bonds is 6. The molecule has 0 aromatic heterocycles. The number of hydrogen-bond donors (Lipinski definition) is 1. The molecule has 2 amide bonds. The lowest BCUT2D eigenvalue weighted by atomic mass is 10.1. The molecule has 2 rings (SSSR count). The topological polar surface area (TPSA) is 61.9 Å². The third-order valence-corrected chi connectivity index (χ3v) is 4.88. The number of methoxy groups -OCH3 is 1. The summed E-state index contributed by atoms with van der Waals surface area (Å²) in [7, 11) is 1.64. The van der Waals surface area contributed by atoms with Gasteiger partial charge < -0.3 is 15.0 Å². The Morgan fingerprint density at radius 1 is 1.11 bits per heavy atom. The zero-order valence-corrected chi connectivity index (χ0v) is 17.2. The van der Waals surface area contributed by atoms with Gasteiger partial charge in [-0.25, -0.2) is 0 Å². The maximum absolute atomic E-state index is 12.5. The van der Waals surface area contributed by atoms with Crippen molar-refractivity contribution in [2.75, 3.05) is 33.3 Å². The number of ether oxygens (including phenoxy) is 1. The van der Waals surface area contributed by atoms with Gasteiger partial charge >= 0.3 is 0 Å². The van der Waals surface area contributed by atoms with E-state index in [1.54, 1.807) is 7.11 Å². The van der Waals surface area contributed by atoms with E-state index in [2.05, 4.69) is 10.2 Å². The number of aryl methyl sites for hydroxylation is 1. The van der Waals surface area contributed by atoms with Gasteiger partial charge in [0.25, 0.3) is 0 Å². The Bertz CT molecular complexity index is 629. The lowest BCUT2D eigenvalue weighted by Gasteiger charge is -2.38. The van der Waals surface area contributed by atoms with Crippen molar-refractivity contribution >= 4 is 11.8 Å². The summed E-state index contributed by atoms with van der Waals surface area (Å²) in [5, 5.41) is 3.03. The summed E-state index contributed by atoms with van der Waals surface area (Å²) in [5.74, 6) is 1.05. The fourth-order valence-corrected chi connectivity index (χ4v) is 3.20. The predicted molar refractivity (Wildman–Crippen MR) is 107 cm³/mol. The third-order valence-electron chi connectivity index (χ3n) is 4.88. The molecule has 0 saturated carbocycles. The number of nitrogens with zero attached hydrogens (tertiary/aromatic N) is 2. The first-order valence-electron chi connectivity index (χ1n) is 9.66. The summed E-state index contributed by atoms with van der Waals surface area (Å²) in [5.41, 5.74) is 0.903. The molecule has 1 aromatic rings. The third kappa shape index (κ3) is 6.54. The zero-order chi connectivity index (χ0) is 20.0. The molecule has 1 saturated heterocycles. The second kappa shape index (κ2) is 9.22. The molecule has 1 fully saturated rings. The van der Waals surface area contributed by atoms with Crippen molar-refractivity contribution in [2.24, 2.45) is 0 Å². The monoisotopic (exact) mass is 375 g/mol. The highest BCUT2D eigenvalue weighted by atomic mass is 16.5. The fraction of sp³-hybridized carbons (Fsp3) is 0.619. The highest BCUT2D eigenvalue weighted by Crippen LogP contribution is 2.14. The Kier molecular flexibility index (Phi) is 7.25. The van der Waals surface area contributed by atoms with Gasteiger partial charge in [0.15, 0.2) is 0 Å². The van der Waals surface area contributed by atoms with Gasteiger partial charge in [-0.05, 0) is 51.8 Å². The van der Waals surface area contributed by atoms with E-state index < -0.39 is 0 Å². The number of hydrogen-bond acceptors (Lipinski definition) is 4. The quantitative estimate of drug-likeness (QED) is 0.827. The summed E-state index contributed by atoms with van der Waals surface area (Å²) < 4.78 is 5.15. The molecule has 1 heterocycles. The van der Waals surface area contributed by atoms with Crippen molar-refractivity contribution in [3.63, 3.8) is 0 Å². The van der Waals surface area contributed by atoms with Crippen LogP contribution in [0.15, 0.2) is 24.3 Å². The molecule has 6 nitrogen and oxygen atoms in total. The first-order valence-corrected chi connectivity index (χ1v) is 9.66. The maximum atomic E-state index is 12.5. The molecule has 1 aliphatic rings. The van der Waals surface area contributed by atoms with E-state index in [0.29, 0.717) is 19.5 Å². The van der Waals surface area contributed by atoms with Crippen molar-refractivity contribution < 1.29 is 14.3 Å². The summed E-state index contributed by atoms with van der Waals surface area (Å²) in [6.07, 6.45) is 1.24. The maximum Gasteiger partial charge on any atom is 0.237 e. The van der Waals surface area contributed by atoms with Crippen LogP contribution in [0, 0.1) is 0 Å². The van der Waals surface area contributed by atoms with E-state index in [1.165, 1.54) is 0 Å². The Balaban J connectivity index is 1.77. The lowest BCUT2D eigenvalue weighted by molar-refractivity contribution is -0.134. The minimum atomic E-state index is -0.232. The fourth-order valence-electron chi connectivity index (χ4n) is 3.20. The smallest absolute Gasteiger partial charge is 0.237 e. The van der Waals surface area contributed by atoms with Gasteiger partial charge in [-0.1, -0.05) is 12.1 Å². The van der Waals surface area contributed by atoms with Gasteiger partial charge in [0.1, 0.15) is 5.75 Å². The van der Waals surface area contributed by atoms with E-state index in [4.69, 9.17) is 4.74 Å². The van der Waals surface area contributed by atoms with Crippen LogP contribution in [0.3, 0.4) is 0 Å². The van der Waals surface area contributed by atoms with Gasteiger partial charge in [0.2, 0.25) is 11.8 Å². The summed E-state index contributed by atoms with van der Waals surface area (Å²) in [4.78, 5) is 28.9. The lowest BCUT2D eigenvalue weighted by Crippen LogP contribution is -2.56. The SMILES string of the molecule is COc1ccc(CCC(=O)N2CCN(C(C)C(=O)NC(C)(C)C)CC2)cc1. The Morgan fingerprint density at radius 3 is 2.22 bits per heavy atom. The van der Waals surface area contributed by atoms with E-state index in [0.717, 1.165) is 30.8 Å². The Morgan fingerprint density at radius 2 is 1.70 bits per heavy atom. The van der Waals surface area contributed by atoms with Crippen molar-refractivity contribution in [1.29, 1.82) is 0 Å². The van der Waals surface area contributed by atoms with E-state index >= 15 is 0 Å². The first kappa shape index (κ1) is 21.2. The second-order valence-corrected chi connectivity index (χ2v) is 8.18. The van der Waals surface area contributed by atoms with Crippen molar-refractivity contribution in [3.8, 4) is 5.75 Å². The van der Waals surface area contributed by atoms with Gasteiger partial charge in [-0.15, -0.1) is 0 Å². The van der Waals surface area contributed by atoms with Crippen LogP contribution >= 0.6 is 0 Å². The van der Waals surface area contributed by atoms with Crippen molar-refractivity contribution in [3.05, 3.63) is 29.8 Å². The van der Waals surface area contributed by atoms with Crippen LogP contribution in [-0.2, 0) is 16.0 Å². The number of piperazine rings is 1.